The molecule has 0 spiro atoms. The number of carbonyl (C=O) groups excluding carboxylic acids is 3. The number of hydrogen-bond acceptors (Lipinski definition) is 3. The van der Waals surface area contributed by atoms with Crippen LogP contribution >= 0.6 is 0 Å². The molecule has 1 saturated heterocycles. The zero-order valence-electron chi connectivity index (χ0n) is 15.7. The number of nitrogens with one attached hydrogen (secondary N) is 2. The molecule has 142 valence electrons. The summed E-state index contributed by atoms with van der Waals surface area (Å²) >= 11 is 0. The molecule has 7 heteroatoms. The van der Waals surface area contributed by atoms with Gasteiger partial charge in [0.25, 0.3) is 0 Å². The molecule has 0 radical (unpaired) electrons. The molecule has 7 nitrogen and oxygen atoms in total. The number of likely N-dealkylation sites (tertiary alicyclic amines) is 1. The van der Waals surface area contributed by atoms with Crippen molar-refractivity contribution in [2.75, 3.05) is 27.2 Å². The van der Waals surface area contributed by atoms with Crippen LogP contribution in [-0.2, 0) is 16.1 Å². The van der Waals surface area contributed by atoms with E-state index in [4.69, 9.17) is 0 Å². The molecular weight excluding hydrogens is 332 g/mol. The van der Waals surface area contributed by atoms with E-state index in [1.165, 1.54) is 0 Å². The van der Waals surface area contributed by atoms with E-state index >= 15 is 0 Å². The van der Waals surface area contributed by atoms with E-state index in [0.717, 1.165) is 5.56 Å². The van der Waals surface area contributed by atoms with Gasteiger partial charge in [0.15, 0.2) is 0 Å². The maximum Gasteiger partial charge on any atom is 0.319 e. The average molecular weight is 360 g/mol. The van der Waals surface area contributed by atoms with Gasteiger partial charge in [-0.25, -0.2) is 4.79 Å². The summed E-state index contributed by atoms with van der Waals surface area (Å²) in [6.07, 6.45) is 1.23. The first kappa shape index (κ1) is 19.8. The molecule has 1 aliphatic rings. The van der Waals surface area contributed by atoms with Crippen molar-refractivity contribution in [1.82, 2.24) is 20.4 Å². The van der Waals surface area contributed by atoms with Crippen LogP contribution < -0.4 is 10.6 Å². The Kier molecular flexibility index (Phi) is 7.00. The second-order valence-electron chi connectivity index (χ2n) is 6.87. The lowest BCUT2D eigenvalue weighted by molar-refractivity contribution is -0.131. The maximum absolute atomic E-state index is 12.4. The number of urea groups is 1. The minimum atomic E-state index is -0.590. The first-order valence-corrected chi connectivity index (χ1v) is 8.96. The van der Waals surface area contributed by atoms with Gasteiger partial charge >= 0.3 is 6.03 Å². The third-order valence-corrected chi connectivity index (χ3v) is 4.58. The Morgan fingerprint density at radius 3 is 2.35 bits per heavy atom. The van der Waals surface area contributed by atoms with Gasteiger partial charge in [0.2, 0.25) is 11.8 Å². The van der Waals surface area contributed by atoms with E-state index in [0.29, 0.717) is 32.5 Å². The molecule has 0 bridgehead atoms. The quantitative estimate of drug-likeness (QED) is 0.828. The molecule has 0 aromatic heterocycles. The van der Waals surface area contributed by atoms with Gasteiger partial charge in [-0.05, 0) is 25.3 Å². The Morgan fingerprint density at radius 2 is 1.77 bits per heavy atom. The second kappa shape index (κ2) is 9.22. The molecule has 0 aliphatic carbocycles. The Hall–Kier alpha value is -2.57. The molecule has 2 N–H and O–H groups in total. The van der Waals surface area contributed by atoms with Gasteiger partial charge in [-0.1, -0.05) is 30.3 Å². The van der Waals surface area contributed by atoms with Crippen molar-refractivity contribution in [2.24, 2.45) is 5.92 Å². The summed E-state index contributed by atoms with van der Waals surface area (Å²) in [7, 11) is 3.44. The van der Waals surface area contributed by atoms with Crippen LogP contribution in [0.4, 0.5) is 4.79 Å². The lowest BCUT2D eigenvalue weighted by Crippen LogP contribution is -2.50. The number of benzene rings is 1. The van der Waals surface area contributed by atoms with Crippen molar-refractivity contribution in [3.05, 3.63) is 35.9 Å². The Balaban J connectivity index is 1.75. The highest BCUT2D eigenvalue weighted by Crippen LogP contribution is 2.18. The highest BCUT2D eigenvalue weighted by molar-refractivity contribution is 5.88. The van der Waals surface area contributed by atoms with Gasteiger partial charge in [-0.15, -0.1) is 0 Å². The SMILES string of the molecule is CC(NC(=O)C1CCN(C(=O)N(C)C)CC1)C(=O)NCc1ccccc1. The smallest absolute Gasteiger partial charge is 0.319 e. The fourth-order valence-corrected chi connectivity index (χ4v) is 2.95. The largest absolute Gasteiger partial charge is 0.350 e. The lowest BCUT2D eigenvalue weighted by Gasteiger charge is -2.33. The first-order chi connectivity index (χ1) is 12.4. The molecule has 1 unspecified atom stereocenters. The van der Waals surface area contributed by atoms with Gasteiger partial charge < -0.3 is 20.4 Å². The van der Waals surface area contributed by atoms with Crippen molar-refractivity contribution in [1.29, 1.82) is 0 Å². The van der Waals surface area contributed by atoms with E-state index in [-0.39, 0.29) is 23.8 Å². The topological polar surface area (TPSA) is 81.8 Å². The van der Waals surface area contributed by atoms with E-state index in [9.17, 15) is 14.4 Å². The molecule has 2 rings (SSSR count). The highest BCUT2D eigenvalue weighted by Gasteiger charge is 2.29. The summed E-state index contributed by atoms with van der Waals surface area (Å²) < 4.78 is 0. The Labute approximate surface area is 154 Å². The second-order valence-corrected chi connectivity index (χ2v) is 6.87. The van der Waals surface area contributed by atoms with Crippen LogP contribution in [0.2, 0.25) is 0 Å². The van der Waals surface area contributed by atoms with Crippen molar-refractivity contribution in [3.8, 4) is 0 Å². The lowest BCUT2D eigenvalue weighted by atomic mass is 9.95. The third kappa shape index (κ3) is 5.47. The number of hydrogen-bond donors (Lipinski definition) is 2. The molecular formula is C19H28N4O3. The van der Waals surface area contributed by atoms with Crippen LogP contribution in [0, 0.1) is 5.92 Å². The number of rotatable bonds is 5. The molecule has 0 saturated carbocycles. The van der Waals surface area contributed by atoms with Crippen LogP contribution in [-0.4, -0.2) is 60.9 Å². The van der Waals surface area contributed by atoms with Crippen molar-refractivity contribution < 1.29 is 14.4 Å². The van der Waals surface area contributed by atoms with Crippen molar-refractivity contribution in [2.45, 2.75) is 32.4 Å². The third-order valence-electron chi connectivity index (χ3n) is 4.58. The number of nitrogens with zero attached hydrogens (tertiary/aromatic N) is 2. The van der Waals surface area contributed by atoms with Crippen LogP contribution in [0.15, 0.2) is 30.3 Å². The van der Waals surface area contributed by atoms with Crippen molar-refractivity contribution in [3.63, 3.8) is 0 Å². The molecule has 1 atom stereocenters. The summed E-state index contributed by atoms with van der Waals surface area (Å²) in [6, 6.07) is 9.01. The molecule has 1 fully saturated rings. The minimum Gasteiger partial charge on any atom is -0.350 e. The van der Waals surface area contributed by atoms with Crippen molar-refractivity contribution >= 4 is 17.8 Å². The predicted octanol–water partition coefficient (Wildman–Crippen LogP) is 1.20. The summed E-state index contributed by atoms with van der Waals surface area (Å²) in [4.78, 5) is 39.8. The minimum absolute atomic E-state index is 0.0301. The Morgan fingerprint density at radius 1 is 1.15 bits per heavy atom. The van der Waals surface area contributed by atoms with Gasteiger partial charge in [-0.2, -0.15) is 0 Å². The average Bonchev–Trinajstić information content (AvgIpc) is 2.66. The van der Waals surface area contributed by atoms with Crippen LogP contribution in [0.3, 0.4) is 0 Å². The van der Waals surface area contributed by atoms with Gasteiger partial charge in [0, 0.05) is 39.6 Å². The summed E-state index contributed by atoms with van der Waals surface area (Å²) in [5, 5.41) is 5.62. The Bertz CT molecular complexity index is 625. The van der Waals surface area contributed by atoms with Gasteiger partial charge in [-0.3, -0.25) is 9.59 Å². The first-order valence-electron chi connectivity index (χ1n) is 8.96. The summed E-state index contributed by atoms with van der Waals surface area (Å²) in [6.45, 7) is 3.24. The van der Waals surface area contributed by atoms with Gasteiger partial charge in [0.05, 0.1) is 0 Å². The molecule has 1 aliphatic heterocycles. The zero-order chi connectivity index (χ0) is 19.1. The summed E-state index contributed by atoms with van der Waals surface area (Å²) in [5.41, 5.74) is 1.01. The molecule has 1 aromatic rings. The highest BCUT2D eigenvalue weighted by atomic mass is 16.2. The van der Waals surface area contributed by atoms with Crippen LogP contribution in [0.5, 0.6) is 0 Å². The maximum atomic E-state index is 12.4. The normalized spacial score (nSPS) is 15.9. The van der Waals surface area contributed by atoms with Gasteiger partial charge in [0.1, 0.15) is 6.04 Å². The molecule has 4 amide bonds. The number of piperidine rings is 1. The van der Waals surface area contributed by atoms with E-state index in [2.05, 4.69) is 10.6 Å². The fourth-order valence-electron chi connectivity index (χ4n) is 2.95. The predicted molar refractivity (Wildman–Crippen MR) is 99.3 cm³/mol. The monoisotopic (exact) mass is 360 g/mol. The van der Waals surface area contributed by atoms with E-state index < -0.39 is 6.04 Å². The fraction of sp³-hybridized carbons (Fsp3) is 0.526. The number of amides is 4. The summed E-state index contributed by atoms with van der Waals surface area (Å²) in [5.74, 6) is -0.489. The standard InChI is InChI=1S/C19H28N4O3/c1-14(17(24)20-13-15-7-5-4-6-8-15)21-18(25)16-9-11-23(12-10-16)19(26)22(2)3/h4-8,14,16H,9-13H2,1-3H3,(H,20,24)(H,21,25). The van der Waals surface area contributed by atoms with Crippen LogP contribution in [0.25, 0.3) is 0 Å². The number of carbonyl (C=O) groups is 3. The molecule has 1 aromatic carbocycles. The molecule has 26 heavy (non-hydrogen) atoms. The zero-order valence-corrected chi connectivity index (χ0v) is 15.7. The van der Waals surface area contributed by atoms with E-state index in [1.807, 2.05) is 30.3 Å². The van der Waals surface area contributed by atoms with Crippen LogP contribution in [0.1, 0.15) is 25.3 Å². The van der Waals surface area contributed by atoms with E-state index in [1.54, 1.807) is 30.8 Å². The molecule has 1 heterocycles.